The quantitative estimate of drug-likeness (QED) is 0.552. The van der Waals surface area contributed by atoms with Crippen LogP contribution in [0.3, 0.4) is 0 Å². The summed E-state index contributed by atoms with van der Waals surface area (Å²) in [6.07, 6.45) is 5.34. The Morgan fingerprint density at radius 1 is 1.32 bits per heavy atom. The SMILES string of the molecule is CO[C@@H]1CCN(Cc2cc3c(nc2C=O)N(C(=O)Nc2cc(C[C@@H]4CCOC4)c(C#N)cn2)CCC3)C1=O. The van der Waals surface area contributed by atoms with Crippen molar-refractivity contribution in [1.29, 1.82) is 5.26 Å². The fourth-order valence-electron chi connectivity index (χ4n) is 5.34. The fraction of sp³-hybridized carbons (Fsp3) is 0.481. The second kappa shape index (κ2) is 11.2. The number of aromatic nitrogens is 2. The van der Waals surface area contributed by atoms with Crippen LogP contribution in [0.1, 0.15) is 52.0 Å². The van der Waals surface area contributed by atoms with Gasteiger partial charge in [-0.15, -0.1) is 0 Å². The molecule has 0 aromatic carbocycles. The number of pyridine rings is 2. The molecule has 0 aliphatic carbocycles. The van der Waals surface area contributed by atoms with E-state index in [0.717, 1.165) is 30.6 Å². The van der Waals surface area contributed by atoms with E-state index in [2.05, 4.69) is 21.4 Å². The summed E-state index contributed by atoms with van der Waals surface area (Å²) < 4.78 is 10.7. The van der Waals surface area contributed by atoms with Crippen LogP contribution >= 0.6 is 0 Å². The molecule has 5 heterocycles. The minimum Gasteiger partial charge on any atom is -0.381 e. The summed E-state index contributed by atoms with van der Waals surface area (Å²) in [5, 5.41) is 12.3. The molecule has 0 bridgehead atoms. The number of methoxy groups -OCH3 is 1. The zero-order chi connectivity index (χ0) is 26.6. The first-order chi connectivity index (χ1) is 18.5. The Kier molecular flexibility index (Phi) is 7.62. The minimum atomic E-state index is -0.456. The number of carbonyl (C=O) groups is 3. The van der Waals surface area contributed by atoms with Crippen LogP contribution in [0.25, 0.3) is 0 Å². The molecule has 2 atom stereocenters. The monoisotopic (exact) mass is 518 g/mol. The van der Waals surface area contributed by atoms with Crippen molar-refractivity contribution in [3.8, 4) is 6.07 Å². The highest BCUT2D eigenvalue weighted by Gasteiger charge is 2.33. The number of rotatable bonds is 7. The lowest BCUT2D eigenvalue weighted by Crippen LogP contribution is -2.40. The van der Waals surface area contributed by atoms with Crippen molar-refractivity contribution in [3.05, 3.63) is 46.3 Å². The van der Waals surface area contributed by atoms with Gasteiger partial charge in [0.05, 0.1) is 5.56 Å². The molecular weight excluding hydrogens is 488 g/mol. The molecular formula is C27H30N6O5. The first-order valence-electron chi connectivity index (χ1n) is 12.9. The van der Waals surface area contributed by atoms with Crippen molar-refractivity contribution in [2.24, 2.45) is 5.92 Å². The van der Waals surface area contributed by atoms with E-state index in [9.17, 15) is 19.6 Å². The summed E-state index contributed by atoms with van der Waals surface area (Å²) >= 11 is 0. The Morgan fingerprint density at radius 2 is 2.18 bits per heavy atom. The van der Waals surface area contributed by atoms with Crippen LogP contribution in [-0.4, -0.2) is 72.6 Å². The van der Waals surface area contributed by atoms with E-state index in [1.54, 1.807) is 11.0 Å². The van der Waals surface area contributed by atoms with Gasteiger partial charge in [-0.3, -0.25) is 19.8 Å². The number of nitrogens with zero attached hydrogens (tertiary/aromatic N) is 5. The van der Waals surface area contributed by atoms with Gasteiger partial charge in [0.25, 0.3) is 5.91 Å². The summed E-state index contributed by atoms with van der Waals surface area (Å²) in [5.74, 6) is 1.01. The Bertz CT molecular complexity index is 1290. The highest BCUT2D eigenvalue weighted by atomic mass is 16.5. The molecule has 3 aliphatic rings. The molecule has 3 aliphatic heterocycles. The van der Waals surface area contributed by atoms with E-state index in [0.29, 0.717) is 73.9 Å². The topological polar surface area (TPSA) is 138 Å². The van der Waals surface area contributed by atoms with Gasteiger partial charge in [-0.1, -0.05) is 0 Å². The van der Waals surface area contributed by atoms with Crippen molar-refractivity contribution < 1.29 is 23.9 Å². The molecule has 2 fully saturated rings. The molecule has 38 heavy (non-hydrogen) atoms. The van der Waals surface area contributed by atoms with E-state index in [1.165, 1.54) is 18.2 Å². The van der Waals surface area contributed by atoms with Crippen LogP contribution < -0.4 is 10.2 Å². The number of anilines is 2. The molecule has 11 nitrogen and oxygen atoms in total. The Labute approximate surface area is 220 Å². The molecule has 3 amide bonds. The zero-order valence-electron chi connectivity index (χ0n) is 21.3. The van der Waals surface area contributed by atoms with Gasteiger partial charge in [0.1, 0.15) is 29.5 Å². The van der Waals surface area contributed by atoms with Gasteiger partial charge in [-0.05, 0) is 54.9 Å². The standard InChI is InChI=1S/C27H30N6O5/c1-37-23-4-7-32(26(23)35)14-20-10-18-3-2-6-33(25(18)30-22(20)15-34)27(36)31-24-11-19(21(12-28)13-29-24)9-17-5-8-38-16-17/h10-11,13,15,17,23H,2-9,14,16H2,1H3,(H,29,31,36)/t17-,23+/m0/s1. The second-order valence-corrected chi connectivity index (χ2v) is 9.86. The molecule has 0 unspecified atom stereocenters. The molecule has 0 saturated carbocycles. The largest absolute Gasteiger partial charge is 0.381 e. The van der Waals surface area contributed by atoms with Crippen molar-refractivity contribution in [2.75, 3.05) is 43.6 Å². The normalized spacial score (nSPS) is 20.8. The third-order valence-corrected chi connectivity index (χ3v) is 7.40. The second-order valence-electron chi connectivity index (χ2n) is 9.86. The Hall–Kier alpha value is -3.88. The lowest BCUT2D eigenvalue weighted by molar-refractivity contribution is -0.136. The number of fused-ring (bicyclic) bond motifs is 1. The fourth-order valence-corrected chi connectivity index (χ4v) is 5.34. The maximum absolute atomic E-state index is 13.3. The molecule has 0 spiro atoms. The first kappa shape index (κ1) is 25.8. The first-order valence-corrected chi connectivity index (χ1v) is 12.9. The van der Waals surface area contributed by atoms with Crippen LogP contribution in [0.15, 0.2) is 18.3 Å². The van der Waals surface area contributed by atoms with Gasteiger partial charge in [-0.2, -0.15) is 5.26 Å². The molecule has 2 aromatic rings. The van der Waals surface area contributed by atoms with Gasteiger partial charge < -0.3 is 14.4 Å². The van der Waals surface area contributed by atoms with E-state index < -0.39 is 12.1 Å². The number of hydrogen-bond acceptors (Lipinski definition) is 8. The molecule has 1 N–H and O–H groups in total. The van der Waals surface area contributed by atoms with Gasteiger partial charge in [0.2, 0.25) is 0 Å². The van der Waals surface area contributed by atoms with Crippen LogP contribution in [0.2, 0.25) is 0 Å². The number of nitrogens with one attached hydrogen (secondary N) is 1. The number of hydrogen-bond donors (Lipinski definition) is 1. The maximum atomic E-state index is 13.3. The Balaban J connectivity index is 1.34. The molecule has 0 radical (unpaired) electrons. The van der Waals surface area contributed by atoms with E-state index in [4.69, 9.17) is 9.47 Å². The maximum Gasteiger partial charge on any atom is 0.328 e. The summed E-state index contributed by atoms with van der Waals surface area (Å²) in [5.41, 5.74) is 3.01. The molecule has 11 heteroatoms. The van der Waals surface area contributed by atoms with Gasteiger partial charge in [0, 0.05) is 58.1 Å². The zero-order valence-corrected chi connectivity index (χ0v) is 21.3. The van der Waals surface area contributed by atoms with Crippen molar-refractivity contribution in [1.82, 2.24) is 14.9 Å². The van der Waals surface area contributed by atoms with E-state index >= 15 is 0 Å². The summed E-state index contributed by atoms with van der Waals surface area (Å²) in [4.78, 5) is 49.8. The van der Waals surface area contributed by atoms with Gasteiger partial charge in [-0.25, -0.2) is 14.8 Å². The van der Waals surface area contributed by atoms with Crippen LogP contribution in [0, 0.1) is 17.2 Å². The number of aldehydes is 1. The van der Waals surface area contributed by atoms with Crippen LogP contribution in [-0.2, 0) is 33.7 Å². The number of likely N-dealkylation sites (tertiary alicyclic amines) is 1. The predicted octanol–water partition coefficient (Wildman–Crippen LogP) is 2.47. The number of carbonyl (C=O) groups excluding carboxylic acids is 3. The molecule has 198 valence electrons. The summed E-state index contributed by atoms with van der Waals surface area (Å²) in [6.45, 7) is 2.63. The van der Waals surface area contributed by atoms with Gasteiger partial charge >= 0.3 is 6.03 Å². The van der Waals surface area contributed by atoms with Crippen molar-refractivity contribution in [2.45, 2.75) is 44.8 Å². The molecule has 5 rings (SSSR count). The highest BCUT2D eigenvalue weighted by Crippen LogP contribution is 2.29. The van der Waals surface area contributed by atoms with Crippen molar-refractivity contribution in [3.63, 3.8) is 0 Å². The average Bonchev–Trinajstić information content (AvgIpc) is 3.57. The third-order valence-electron chi connectivity index (χ3n) is 7.40. The number of urea groups is 1. The summed E-state index contributed by atoms with van der Waals surface area (Å²) in [7, 11) is 1.52. The predicted molar refractivity (Wildman–Crippen MR) is 137 cm³/mol. The lowest BCUT2D eigenvalue weighted by Gasteiger charge is -2.29. The van der Waals surface area contributed by atoms with E-state index in [1.807, 2.05) is 6.07 Å². The van der Waals surface area contributed by atoms with Crippen molar-refractivity contribution >= 4 is 29.9 Å². The average molecular weight is 519 g/mol. The third kappa shape index (κ3) is 5.23. The highest BCUT2D eigenvalue weighted by molar-refractivity contribution is 6.01. The molecule has 2 saturated heterocycles. The lowest BCUT2D eigenvalue weighted by atomic mass is 9.96. The molecule has 2 aromatic heterocycles. The number of nitriles is 1. The smallest absolute Gasteiger partial charge is 0.328 e. The Morgan fingerprint density at radius 3 is 2.89 bits per heavy atom. The number of ether oxygens (including phenoxy) is 2. The van der Waals surface area contributed by atoms with Crippen LogP contribution in [0.4, 0.5) is 16.4 Å². The van der Waals surface area contributed by atoms with Crippen LogP contribution in [0.5, 0.6) is 0 Å². The van der Waals surface area contributed by atoms with Gasteiger partial charge in [0.15, 0.2) is 6.29 Å². The number of aryl methyl sites for hydroxylation is 1. The van der Waals surface area contributed by atoms with E-state index in [-0.39, 0.29) is 18.1 Å². The number of amides is 3. The summed E-state index contributed by atoms with van der Waals surface area (Å²) in [6, 6.07) is 5.39. The minimum absolute atomic E-state index is 0.0992.